The smallest absolute Gasteiger partial charge is 0.261 e. The first kappa shape index (κ1) is 23.5. The van der Waals surface area contributed by atoms with Crippen LogP contribution in [0.15, 0.2) is 65.6 Å². The number of rotatable bonds is 10. The summed E-state index contributed by atoms with van der Waals surface area (Å²) >= 11 is 0. The van der Waals surface area contributed by atoms with Crippen molar-refractivity contribution in [1.82, 2.24) is 4.90 Å². The van der Waals surface area contributed by atoms with Gasteiger partial charge in [0, 0.05) is 38.1 Å². The average molecular weight is 459 g/mol. The van der Waals surface area contributed by atoms with E-state index in [4.69, 9.17) is 9.47 Å². The average Bonchev–Trinajstić information content (AvgIpc) is 2.80. The number of phenols is 1. The van der Waals surface area contributed by atoms with Crippen molar-refractivity contribution < 1.29 is 27.8 Å². The number of amides is 1. The molecule has 0 saturated carbocycles. The molecule has 0 heterocycles. The lowest BCUT2D eigenvalue weighted by molar-refractivity contribution is 0.0625. The van der Waals surface area contributed by atoms with Crippen molar-refractivity contribution in [3.05, 3.63) is 66.2 Å². The molecule has 0 radical (unpaired) electrons. The fourth-order valence-electron chi connectivity index (χ4n) is 3.30. The van der Waals surface area contributed by atoms with E-state index in [1.165, 1.54) is 23.1 Å². The van der Waals surface area contributed by atoms with E-state index in [0.29, 0.717) is 42.8 Å². The molecule has 0 aliphatic rings. The molecule has 0 bridgehead atoms. The molecule has 0 atom stereocenters. The highest BCUT2D eigenvalue weighted by Gasteiger charge is 2.22. The minimum atomic E-state index is -3.81. The number of benzene rings is 3. The number of carbonyl (C=O) groups excluding carboxylic acids is 1. The van der Waals surface area contributed by atoms with Gasteiger partial charge in [-0.25, -0.2) is 8.42 Å². The molecular formula is C23H26N2O6S. The van der Waals surface area contributed by atoms with Gasteiger partial charge < -0.3 is 19.5 Å². The van der Waals surface area contributed by atoms with Crippen LogP contribution < -0.4 is 4.72 Å². The van der Waals surface area contributed by atoms with Gasteiger partial charge in [-0.05, 0) is 24.3 Å². The summed E-state index contributed by atoms with van der Waals surface area (Å²) in [4.78, 5) is 14.7. The molecule has 3 rings (SSSR count). The van der Waals surface area contributed by atoms with Gasteiger partial charge in [0.1, 0.15) is 5.75 Å². The molecule has 2 N–H and O–H groups in total. The predicted molar refractivity (Wildman–Crippen MR) is 123 cm³/mol. The monoisotopic (exact) mass is 458 g/mol. The molecule has 0 saturated heterocycles. The van der Waals surface area contributed by atoms with Crippen molar-refractivity contribution >= 4 is 32.4 Å². The van der Waals surface area contributed by atoms with Gasteiger partial charge in [-0.3, -0.25) is 9.52 Å². The molecule has 3 aromatic carbocycles. The second-order valence-electron chi connectivity index (χ2n) is 7.06. The van der Waals surface area contributed by atoms with Gasteiger partial charge in [-0.15, -0.1) is 0 Å². The Morgan fingerprint density at radius 3 is 2.19 bits per heavy atom. The molecule has 3 aromatic rings. The van der Waals surface area contributed by atoms with E-state index in [0.717, 1.165) is 0 Å². The number of hydrogen-bond acceptors (Lipinski definition) is 6. The van der Waals surface area contributed by atoms with Crippen molar-refractivity contribution in [3.8, 4) is 5.75 Å². The molecule has 0 aliphatic heterocycles. The van der Waals surface area contributed by atoms with Crippen LogP contribution in [0.4, 0.5) is 5.69 Å². The van der Waals surface area contributed by atoms with Gasteiger partial charge in [0.25, 0.3) is 15.9 Å². The summed E-state index contributed by atoms with van der Waals surface area (Å²) in [5.74, 6) is -0.582. The third-order valence-corrected chi connectivity index (χ3v) is 6.36. The van der Waals surface area contributed by atoms with Gasteiger partial charge in [-0.2, -0.15) is 0 Å². The van der Waals surface area contributed by atoms with Crippen LogP contribution in [0.2, 0.25) is 0 Å². The van der Waals surface area contributed by atoms with Crippen LogP contribution in [-0.2, 0) is 19.5 Å². The minimum Gasteiger partial charge on any atom is -0.506 e. The zero-order valence-electron chi connectivity index (χ0n) is 17.9. The Morgan fingerprint density at radius 2 is 1.56 bits per heavy atom. The number of fused-ring (bicyclic) bond motifs is 1. The maximum atomic E-state index is 13.1. The van der Waals surface area contributed by atoms with Crippen molar-refractivity contribution in [1.29, 1.82) is 0 Å². The number of ether oxygens (including phenoxy) is 2. The highest BCUT2D eigenvalue weighted by atomic mass is 32.2. The zero-order valence-corrected chi connectivity index (χ0v) is 18.8. The molecule has 0 aliphatic carbocycles. The number of sulfonamides is 1. The molecular weight excluding hydrogens is 432 g/mol. The summed E-state index contributed by atoms with van der Waals surface area (Å²) in [6, 6.07) is 16.0. The number of aromatic hydroxyl groups is 1. The summed E-state index contributed by atoms with van der Waals surface area (Å²) in [6.07, 6.45) is 0. The summed E-state index contributed by atoms with van der Waals surface area (Å²) in [5, 5.41) is 11.7. The minimum absolute atomic E-state index is 0.118. The van der Waals surface area contributed by atoms with E-state index in [-0.39, 0.29) is 22.1 Å². The van der Waals surface area contributed by atoms with Crippen LogP contribution in [-0.4, -0.2) is 64.9 Å². The number of carbonyl (C=O) groups is 1. The third kappa shape index (κ3) is 5.18. The van der Waals surface area contributed by atoms with Crippen LogP contribution in [0, 0.1) is 0 Å². The Balaban J connectivity index is 1.96. The van der Waals surface area contributed by atoms with E-state index >= 15 is 0 Å². The van der Waals surface area contributed by atoms with Crippen molar-refractivity contribution in [2.45, 2.75) is 4.90 Å². The first-order chi connectivity index (χ1) is 15.4. The molecule has 0 spiro atoms. The van der Waals surface area contributed by atoms with E-state index in [1.807, 2.05) is 0 Å². The molecule has 32 heavy (non-hydrogen) atoms. The molecule has 0 fully saturated rings. The quantitative estimate of drug-likeness (QED) is 0.484. The molecule has 170 valence electrons. The van der Waals surface area contributed by atoms with E-state index in [1.54, 1.807) is 56.7 Å². The number of hydrogen-bond donors (Lipinski definition) is 2. The Morgan fingerprint density at radius 1 is 0.906 bits per heavy atom. The Bertz CT molecular complexity index is 1170. The molecule has 0 unspecified atom stereocenters. The summed E-state index contributed by atoms with van der Waals surface area (Å²) in [6.45, 7) is 1.37. The van der Waals surface area contributed by atoms with E-state index in [2.05, 4.69) is 4.72 Å². The molecule has 9 heteroatoms. The van der Waals surface area contributed by atoms with Crippen molar-refractivity contribution in [3.63, 3.8) is 0 Å². The Kier molecular flexibility index (Phi) is 7.68. The number of nitrogens with one attached hydrogen (secondary N) is 1. The fourth-order valence-corrected chi connectivity index (χ4v) is 4.40. The number of nitrogens with zero attached hydrogens (tertiary/aromatic N) is 1. The second-order valence-corrected chi connectivity index (χ2v) is 8.74. The van der Waals surface area contributed by atoms with Crippen LogP contribution >= 0.6 is 0 Å². The largest absolute Gasteiger partial charge is 0.506 e. The number of methoxy groups -OCH3 is 2. The van der Waals surface area contributed by atoms with Crippen molar-refractivity contribution in [2.75, 3.05) is 45.2 Å². The van der Waals surface area contributed by atoms with Crippen molar-refractivity contribution in [2.24, 2.45) is 0 Å². The number of anilines is 1. The predicted octanol–water partition coefficient (Wildman–Crippen LogP) is 3.08. The molecule has 1 amide bonds. The molecule has 0 aromatic heterocycles. The van der Waals surface area contributed by atoms with Gasteiger partial charge >= 0.3 is 0 Å². The maximum Gasteiger partial charge on any atom is 0.261 e. The summed E-state index contributed by atoms with van der Waals surface area (Å²) in [5.41, 5.74) is 0.420. The van der Waals surface area contributed by atoms with Gasteiger partial charge in [0.2, 0.25) is 0 Å². The zero-order chi connectivity index (χ0) is 23.1. The second kappa shape index (κ2) is 10.4. The number of phenolic OH excluding ortho intramolecular Hbond substituents is 1. The molecule has 8 nitrogen and oxygen atoms in total. The maximum absolute atomic E-state index is 13.1. The lowest BCUT2D eigenvalue weighted by atomic mass is 10.0. The first-order valence-corrected chi connectivity index (χ1v) is 11.5. The topological polar surface area (TPSA) is 105 Å². The van der Waals surface area contributed by atoms with Crippen LogP contribution in [0.3, 0.4) is 0 Å². The normalized spacial score (nSPS) is 11.4. The first-order valence-electron chi connectivity index (χ1n) is 9.98. The Labute approximate surface area is 187 Å². The Hall–Kier alpha value is -3.14. The van der Waals surface area contributed by atoms with Gasteiger partial charge in [-0.1, -0.05) is 36.4 Å². The summed E-state index contributed by atoms with van der Waals surface area (Å²) in [7, 11) is -0.720. The SMILES string of the molecule is COCCN(CCOC)C(=O)c1ccc2c(NS(=O)(=O)c3ccccc3)cccc2c1O. The lowest BCUT2D eigenvalue weighted by Gasteiger charge is -2.23. The van der Waals surface area contributed by atoms with Gasteiger partial charge in [0.15, 0.2) is 0 Å². The fraction of sp³-hybridized carbons (Fsp3) is 0.261. The van der Waals surface area contributed by atoms with Crippen LogP contribution in [0.5, 0.6) is 5.75 Å². The highest BCUT2D eigenvalue weighted by Crippen LogP contribution is 2.34. The highest BCUT2D eigenvalue weighted by molar-refractivity contribution is 7.92. The standard InChI is InChI=1S/C23H26N2O6S/c1-30-15-13-25(14-16-31-2)23(27)20-12-11-18-19(22(20)26)9-6-10-21(18)24-32(28,29)17-7-4-3-5-8-17/h3-12,24,26H,13-16H2,1-2H3. The van der Waals surface area contributed by atoms with Gasteiger partial charge in [0.05, 0.1) is 29.4 Å². The lowest BCUT2D eigenvalue weighted by Crippen LogP contribution is -2.36. The van der Waals surface area contributed by atoms with Crippen LogP contribution in [0.1, 0.15) is 10.4 Å². The third-order valence-electron chi connectivity index (χ3n) is 4.98. The van der Waals surface area contributed by atoms with Crippen LogP contribution in [0.25, 0.3) is 10.8 Å². The summed E-state index contributed by atoms with van der Waals surface area (Å²) < 4.78 is 38.2. The van der Waals surface area contributed by atoms with E-state index < -0.39 is 10.0 Å². The van der Waals surface area contributed by atoms with E-state index in [9.17, 15) is 18.3 Å².